The third-order valence-electron chi connectivity index (χ3n) is 5.86. The average Bonchev–Trinajstić information content (AvgIpc) is 3.22. The molecule has 1 aliphatic heterocycles. The molecule has 4 aromatic carbocycles. The third-order valence-corrected chi connectivity index (χ3v) is 6.89. The van der Waals surface area contributed by atoms with E-state index in [0.29, 0.717) is 11.5 Å². The summed E-state index contributed by atoms with van der Waals surface area (Å²) in [5.41, 5.74) is 4.07. The molecule has 0 radical (unpaired) electrons. The standard InChI is InChI=1S/C29H26N2O2S/c1-2-20-14-16-24(17-15-20)30-29-31-28(32)27(34-29)18-22-9-4-6-13-26(22)33-19-23-11-7-10-21-8-3-5-12-25(21)23/h3-18,29-30H,2,19H2,1H3,(H,31,32)/b27-18-/t29-/m1/s1. The van der Waals surface area contributed by atoms with E-state index in [9.17, 15) is 4.79 Å². The number of anilines is 1. The van der Waals surface area contributed by atoms with Crippen molar-refractivity contribution in [1.29, 1.82) is 0 Å². The minimum atomic E-state index is -0.213. The Bertz CT molecular complexity index is 1340. The van der Waals surface area contributed by atoms with E-state index >= 15 is 0 Å². The Hall–Kier alpha value is -3.70. The zero-order chi connectivity index (χ0) is 23.3. The first kappa shape index (κ1) is 22.1. The fraction of sp³-hybridized carbons (Fsp3) is 0.138. The number of hydrogen-bond donors (Lipinski definition) is 2. The summed E-state index contributed by atoms with van der Waals surface area (Å²) >= 11 is 1.48. The Morgan fingerprint density at radius 2 is 1.71 bits per heavy atom. The van der Waals surface area contributed by atoms with Gasteiger partial charge in [-0.3, -0.25) is 4.79 Å². The van der Waals surface area contributed by atoms with Gasteiger partial charge in [-0.05, 0) is 52.6 Å². The highest BCUT2D eigenvalue weighted by atomic mass is 32.2. The molecule has 4 nitrogen and oxygen atoms in total. The van der Waals surface area contributed by atoms with Crippen molar-refractivity contribution in [3.05, 3.63) is 113 Å². The lowest BCUT2D eigenvalue weighted by Crippen LogP contribution is -2.30. The topological polar surface area (TPSA) is 50.4 Å². The van der Waals surface area contributed by atoms with Gasteiger partial charge in [0.25, 0.3) is 5.91 Å². The Kier molecular flexibility index (Phi) is 6.54. The van der Waals surface area contributed by atoms with E-state index in [2.05, 4.69) is 60.0 Å². The zero-order valence-corrected chi connectivity index (χ0v) is 19.8. The minimum Gasteiger partial charge on any atom is -0.488 e. The molecule has 0 saturated carbocycles. The van der Waals surface area contributed by atoms with Gasteiger partial charge in [0.2, 0.25) is 0 Å². The maximum atomic E-state index is 12.6. The van der Waals surface area contributed by atoms with Gasteiger partial charge in [-0.2, -0.15) is 0 Å². The highest BCUT2D eigenvalue weighted by Crippen LogP contribution is 2.33. The van der Waals surface area contributed by atoms with Gasteiger partial charge in [0.1, 0.15) is 12.4 Å². The molecule has 4 aromatic rings. The summed E-state index contributed by atoms with van der Waals surface area (Å²) in [6.07, 6.45) is 2.91. The lowest BCUT2D eigenvalue weighted by Gasteiger charge is -2.13. The zero-order valence-electron chi connectivity index (χ0n) is 19.0. The van der Waals surface area contributed by atoms with E-state index < -0.39 is 0 Å². The number of rotatable bonds is 7. The monoisotopic (exact) mass is 466 g/mol. The quantitative estimate of drug-likeness (QED) is 0.302. The van der Waals surface area contributed by atoms with Crippen LogP contribution in [0.3, 0.4) is 0 Å². The number of carbonyl (C=O) groups is 1. The van der Waals surface area contributed by atoms with Crippen molar-refractivity contribution >= 4 is 40.2 Å². The van der Waals surface area contributed by atoms with Crippen molar-refractivity contribution in [2.24, 2.45) is 0 Å². The van der Waals surface area contributed by atoms with Crippen LogP contribution in [0.25, 0.3) is 16.8 Å². The predicted octanol–water partition coefficient (Wildman–Crippen LogP) is 6.58. The Labute approximate surface area is 204 Å². The molecule has 170 valence electrons. The maximum absolute atomic E-state index is 12.6. The minimum absolute atomic E-state index is 0.0865. The molecular weight excluding hydrogens is 440 g/mol. The van der Waals surface area contributed by atoms with Gasteiger partial charge in [-0.15, -0.1) is 0 Å². The van der Waals surface area contributed by atoms with Gasteiger partial charge in [0.15, 0.2) is 5.50 Å². The Morgan fingerprint density at radius 3 is 2.56 bits per heavy atom. The number of thioether (sulfide) groups is 1. The SMILES string of the molecule is CCc1ccc(N[C@@H]2NC(=O)/C(=C/c3ccccc3OCc3cccc4ccccc34)S2)cc1. The molecule has 5 rings (SSSR count). The van der Waals surface area contributed by atoms with Gasteiger partial charge in [0, 0.05) is 11.3 Å². The summed E-state index contributed by atoms with van der Waals surface area (Å²) in [4.78, 5) is 13.3. The largest absolute Gasteiger partial charge is 0.488 e. The highest BCUT2D eigenvalue weighted by Gasteiger charge is 2.27. The Balaban J connectivity index is 1.30. The lowest BCUT2D eigenvalue weighted by molar-refractivity contribution is -0.116. The van der Waals surface area contributed by atoms with E-state index in [1.807, 2.05) is 54.6 Å². The third kappa shape index (κ3) is 4.95. The van der Waals surface area contributed by atoms with E-state index in [-0.39, 0.29) is 11.4 Å². The van der Waals surface area contributed by atoms with Gasteiger partial charge in [-0.1, -0.05) is 91.5 Å². The van der Waals surface area contributed by atoms with Crippen LogP contribution in [0.2, 0.25) is 0 Å². The van der Waals surface area contributed by atoms with Crippen molar-refractivity contribution in [1.82, 2.24) is 5.32 Å². The van der Waals surface area contributed by atoms with Gasteiger partial charge < -0.3 is 15.4 Å². The number of para-hydroxylation sites is 1. The van der Waals surface area contributed by atoms with Crippen LogP contribution in [-0.2, 0) is 17.8 Å². The second-order valence-corrected chi connectivity index (χ2v) is 9.29. The molecule has 0 bridgehead atoms. The summed E-state index contributed by atoms with van der Waals surface area (Å²) in [7, 11) is 0. The van der Waals surface area contributed by atoms with Crippen LogP contribution in [-0.4, -0.2) is 11.4 Å². The first-order valence-electron chi connectivity index (χ1n) is 11.4. The number of aryl methyl sites for hydroxylation is 1. The van der Waals surface area contributed by atoms with Crippen LogP contribution in [0.5, 0.6) is 5.75 Å². The van der Waals surface area contributed by atoms with Crippen molar-refractivity contribution in [2.75, 3.05) is 5.32 Å². The van der Waals surface area contributed by atoms with Crippen LogP contribution >= 0.6 is 11.8 Å². The molecule has 0 spiro atoms. The van der Waals surface area contributed by atoms with Crippen molar-refractivity contribution < 1.29 is 9.53 Å². The van der Waals surface area contributed by atoms with Crippen LogP contribution in [0.15, 0.2) is 95.9 Å². The summed E-state index contributed by atoms with van der Waals surface area (Å²) in [6, 6.07) is 30.7. The van der Waals surface area contributed by atoms with Gasteiger partial charge in [0.05, 0.1) is 4.91 Å². The molecule has 34 heavy (non-hydrogen) atoms. The second-order valence-electron chi connectivity index (χ2n) is 8.14. The number of hydrogen-bond acceptors (Lipinski definition) is 4. The summed E-state index contributed by atoms with van der Waals surface area (Å²) < 4.78 is 6.22. The van der Waals surface area contributed by atoms with Crippen LogP contribution in [0.1, 0.15) is 23.6 Å². The molecule has 1 aliphatic rings. The van der Waals surface area contributed by atoms with Gasteiger partial charge >= 0.3 is 0 Å². The lowest BCUT2D eigenvalue weighted by atomic mass is 10.1. The number of benzene rings is 4. The molecule has 1 heterocycles. The summed E-state index contributed by atoms with van der Waals surface area (Å²) in [5.74, 6) is 0.666. The van der Waals surface area contributed by atoms with E-state index in [1.54, 1.807) is 0 Å². The normalized spacial score (nSPS) is 16.6. The van der Waals surface area contributed by atoms with E-state index in [1.165, 1.54) is 28.1 Å². The number of carbonyl (C=O) groups excluding carboxylic acids is 1. The van der Waals surface area contributed by atoms with Crippen molar-refractivity contribution in [3.63, 3.8) is 0 Å². The van der Waals surface area contributed by atoms with Crippen LogP contribution in [0.4, 0.5) is 5.69 Å². The van der Waals surface area contributed by atoms with Crippen molar-refractivity contribution in [2.45, 2.75) is 25.4 Å². The first-order valence-corrected chi connectivity index (χ1v) is 12.3. The molecule has 2 N–H and O–H groups in total. The molecule has 0 aliphatic carbocycles. The molecular formula is C29H26N2O2S. The predicted molar refractivity (Wildman–Crippen MR) is 142 cm³/mol. The van der Waals surface area contributed by atoms with Crippen LogP contribution in [0, 0.1) is 0 Å². The van der Waals surface area contributed by atoms with E-state index in [0.717, 1.165) is 29.0 Å². The number of nitrogens with one attached hydrogen (secondary N) is 2. The van der Waals surface area contributed by atoms with E-state index in [4.69, 9.17) is 4.74 Å². The summed E-state index contributed by atoms with van der Waals surface area (Å²) in [5, 5.41) is 8.76. The molecule has 1 fully saturated rings. The first-order chi connectivity index (χ1) is 16.7. The fourth-order valence-electron chi connectivity index (χ4n) is 4.00. The van der Waals surface area contributed by atoms with Crippen LogP contribution < -0.4 is 15.4 Å². The number of ether oxygens (including phenoxy) is 1. The highest BCUT2D eigenvalue weighted by molar-refractivity contribution is 8.05. The fourth-order valence-corrected chi connectivity index (χ4v) is 4.98. The Morgan fingerprint density at radius 1 is 0.941 bits per heavy atom. The smallest absolute Gasteiger partial charge is 0.260 e. The average molecular weight is 467 g/mol. The molecule has 5 heteroatoms. The molecule has 1 saturated heterocycles. The second kappa shape index (κ2) is 10.1. The number of fused-ring (bicyclic) bond motifs is 1. The summed E-state index contributed by atoms with van der Waals surface area (Å²) in [6.45, 7) is 2.59. The van der Waals surface area contributed by atoms with Gasteiger partial charge in [-0.25, -0.2) is 0 Å². The molecule has 1 atom stereocenters. The molecule has 0 aromatic heterocycles. The molecule has 0 unspecified atom stereocenters. The number of amides is 1. The van der Waals surface area contributed by atoms with Crippen molar-refractivity contribution in [3.8, 4) is 5.75 Å². The molecule has 1 amide bonds. The maximum Gasteiger partial charge on any atom is 0.260 e.